The lowest BCUT2D eigenvalue weighted by molar-refractivity contribution is -0.142. The first-order valence-corrected chi connectivity index (χ1v) is 13.0. The summed E-state index contributed by atoms with van der Waals surface area (Å²) in [6.45, 7) is 8.50. The molecule has 1 aliphatic rings. The third-order valence-electron chi connectivity index (χ3n) is 6.47. The monoisotopic (exact) mass is 528 g/mol. The molecule has 1 N–H and O–H groups in total. The zero-order valence-electron chi connectivity index (χ0n) is 20.8. The molecule has 0 spiro atoms. The average Bonchev–Trinajstić information content (AvgIpc) is 2.82. The first-order chi connectivity index (χ1) is 16.1. The van der Waals surface area contributed by atoms with E-state index in [-0.39, 0.29) is 29.9 Å². The molecule has 184 valence electrons. The van der Waals surface area contributed by atoms with Gasteiger partial charge in [0.15, 0.2) is 6.61 Å². The number of rotatable bonds is 8. The topological polar surface area (TPSA) is 58.6 Å². The van der Waals surface area contributed by atoms with Crippen molar-refractivity contribution in [3.8, 4) is 5.75 Å². The van der Waals surface area contributed by atoms with Crippen LogP contribution in [0.3, 0.4) is 0 Å². The summed E-state index contributed by atoms with van der Waals surface area (Å²) in [5.41, 5.74) is 2.22. The number of amides is 2. The maximum atomic E-state index is 13.3. The molecule has 1 atom stereocenters. The fourth-order valence-electron chi connectivity index (χ4n) is 4.22. The van der Waals surface area contributed by atoms with Crippen LogP contribution in [0.2, 0.25) is 0 Å². The molecule has 3 rings (SSSR count). The maximum Gasteiger partial charge on any atom is 0.261 e. The van der Waals surface area contributed by atoms with Crippen molar-refractivity contribution in [2.45, 2.75) is 83.8 Å². The lowest BCUT2D eigenvalue weighted by Crippen LogP contribution is -2.51. The molecule has 2 aromatic carbocycles. The Morgan fingerprint density at radius 3 is 2.24 bits per heavy atom. The van der Waals surface area contributed by atoms with E-state index in [9.17, 15) is 9.59 Å². The van der Waals surface area contributed by atoms with Crippen molar-refractivity contribution in [1.82, 2.24) is 10.2 Å². The van der Waals surface area contributed by atoms with E-state index in [1.165, 1.54) is 12.0 Å². The second kappa shape index (κ2) is 11.9. The van der Waals surface area contributed by atoms with Gasteiger partial charge in [-0.3, -0.25) is 9.59 Å². The lowest BCUT2D eigenvalue weighted by atomic mass is 9.87. The number of carbonyl (C=O) groups excluding carboxylic acids is 2. The van der Waals surface area contributed by atoms with Crippen LogP contribution in [0, 0.1) is 0 Å². The van der Waals surface area contributed by atoms with Gasteiger partial charge in [-0.2, -0.15) is 0 Å². The Balaban J connectivity index is 1.69. The van der Waals surface area contributed by atoms with E-state index >= 15 is 0 Å². The molecule has 0 aliphatic heterocycles. The number of hydrogen-bond donors (Lipinski definition) is 1. The van der Waals surface area contributed by atoms with E-state index in [1.807, 2.05) is 48.5 Å². The molecule has 1 aliphatic carbocycles. The Hall–Kier alpha value is -2.34. The predicted molar refractivity (Wildman–Crippen MR) is 140 cm³/mol. The summed E-state index contributed by atoms with van der Waals surface area (Å²) in [6.07, 6.45) is 5.52. The van der Waals surface area contributed by atoms with Crippen LogP contribution in [0.1, 0.15) is 70.9 Å². The first-order valence-electron chi connectivity index (χ1n) is 12.2. The molecular formula is C28H37BrN2O3. The molecule has 2 amide bonds. The molecular weight excluding hydrogens is 492 g/mol. The van der Waals surface area contributed by atoms with Crippen LogP contribution in [-0.4, -0.2) is 35.4 Å². The number of carbonyl (C=O) groups is 2. The van der Waals surface area contributed by atoms with Gasteiger partial charge in [0.05, 0.1) is 0 Å². The zero-order chi connectivity index (χ0) is 24.7. The average molecular weight is 530 g/mol. The van der Waals surface area contributed by atoms with E-state index in [0.717, 1.165) is 35.7 Å². The lowest BCUT2D eigenvalue weighted by Gasteiger charge is -2.31. The summed E-state index contributed by atoms with van der Waals surface area (Å²) < 4.78 is 6.79. The van der Waals surface area contributed by atoms with Crippen LogP contribution in [0.4, 0.5) is 0 Å². The number of nitrogens with zero attached hydrogens (tertiary/aromatic N) is 1. The van der Waals surface area contributed by atoms with Gasteiger partial charge in [-0.1, -0.05) is 80.2 Å². The van der Waals surface area contributed by atoms with Crippen LogP contribution < -0.4 is 10.1 Å². The Morgan fingerprint density at radius 2 is 1.65 bits per heavy atom. The second-order valence-electron chi connectivity index (χ2n) is 10.2. The molecule has 34 heavy (non-hydrogen) atoms. The summed E-state index contributed by atoms with van der Waals surface area (Å²) >= 11 is 3.45. The summed E-state index contributed by atoms with van der Waals surface area (Å²) in [5.74, 6) is 0.324. The molecule has 2 aromatic rings. The highest BCUT2D eigenvalue weighted by Crippen LogP contribution is 2.24. The molecule has 0 radical (unpaired) electrons. The first kappa shape index (κ1) is 26.3. The predicted octanol–water partition coefficient (Wildman–Crippen LogP) is 5.99. The second-order valence-corrected chi connectivity index (χ2v) is 11.1. The summed E-state index contributed by atoms with van der Waals surface area (Å²) in [7, 11) is 0. The van der Waals surface area contributed by atoms with Crippen molar-refractivity contribution in [1.29, 1.82) is 0 Å². The minimum Gasteiger partial charge on any atom is -0.484 e. The van der Waals surface area contributed by atoms with Gasteiger partial charge < -0.3 is 15.0 Å². The fourth-order valence-corrected chi connectivity index (χ4v) is 4.48. The van der Waals surface area contributed by atoms with Crippen molar-refractivity contribution in [2.24, 2.45) is 0 Å². The number of halogens is 1. The molecule has 1 saturated carbocycles. The highest BCUT2D eigenvalue weighted by molar-refractivity contribution is 9.10. The van der Waals surface area contributed by atoms with Crippen LogP contribution in [-0.2, 0) is 21.5 Å². The van der Waals surface area contributed by atoms with Crippen molar-refractivity contribution in [3.05, 3.63) is 64.1 Å². The zero-order valence-corrected chi connectivity index (χ0v) is 22.4. The summed E-state index contributed by atoms with van der Waals surface area (Å²) in [6, 6.07) is 15.3. The number of benzene rings is 2. The van der Waals surface area contributed by atoms with Crippen LogP contribution in [0.25, 0.3) is 0 Å². The Morgan fingerprint density at radius 1 is 1.03 bits per heavy atom. The standard InChI is InChI=1S/C28H37BrN2O3/c1-20(27(33)30-24-8-6-5-7-9-24)31(18-21-10-14-23(29)15-11-21)26(32)19-34-25-16-12-22(13-17-25)28(2,3)4/h10-17,20,24H,5-9,18-19H2,1-4H3,(H,30,33). The van der Waals surface area contributed by atoms with Gasteiger partial charge in [0.1, 0.15) is 11.8 Å². The summed E-state index contributed by atoms with van der Waals surface area (Å²) in [4.78, 5) is 27.9. The molecule has 0 heterocycles. The van der Waals surface area contributed by atoms with Crippen LogP contribution >= 0.6 is 15.9 Å². The SMILES string of the molecule is CC(C(=O)NC1CCCCC1)N(Cc1ccc(Br)cc1)C(=O)COc1ccc(C(C)(C)C)cc1. The Labute approximate surface area is 212 Å². The minimum atomic E-state index is -0.593. The van der Waals surface area contributed by atoms with Crippen LogP contribution in [0.5, 0.6) is 5.75 Å². The van der Waals surface area contributed by atoms with E-state index < -0.39 is 6.04 Å². The Bertz CT molecular complexity index is 945. The fraction of sp³-hybridized carbons (Fsp3) is 0.500. The molecule has 0 bridgehead atoms. The van der Waals surface area contributed by atoms with Gasteiger partial charge in [-0.15, -0.1) is 0 Å². The van der Waals surface area contributed by atoms with E-state index in [0.29, 0.717) is 12.3 Å². The van der Waals surface area contributed by atoms with Crippen molar-refractivity contribution < 1.29 is 14.3 Å². The molecule has 0 saturated heterocycles. The number of ether oxygens (including phenoxy) is 1. The van der Waals surface area contributed by atoms with Gasteiger partial charge in [-0.25, -0.2) is 0 Å². The van der Waals surface area contributed by atoms with Gasteiger partial charge in [0.2, 0.25) is 5.91 Å². The Kier molecular flexibility index (Phi) is 9.17. The number of hydrogen-bond acceptors (Lipinski definition) is 3. The molecule has 5 nitrogen and oxygen atoms in total. The van der Waals surface area contributed by atoms with Crippen LogP contribution in [0.15, 0.2) is 53.0 Å². The van der Waals surface area contributed by atoms with Gasteiger partial charge in [0, 0.05) is 17.1 Å². The third-order valence-corrected chi connectivity index (χ3v) is 7.00. The van der Waals surface area contributed by atoms with Crippen molar-refractivity contribution >= 4 is 27.7 Å². The van der Waals surface area contributed by atoms with E-state index in [2.05, 4.69) is 42.0 Å². The van der Waals surface area contributed by atoms with E-state index in [1.54, 1.807) is 11.8 Å². The minimum absolute atomic E-state index is 0.0525. The van der Waals surface area contributed by atoms with E-state index in [4.69, 9.17) is 4.74 Å². The molecule has 1 fully saturated rings. The molecule has 0 aromatic heterocycles. The largest absolute Gasteiger partial charge is 0.484 e. The molecule has 1 unspecified atom stereocenters. The van der Waals surface area contributed by atoms with Gasteiger partial charge >= 0.3 is 0 Å². The summed E-state index contributed by atoms with van der Waals surface area (Å²) in [5, 5.41) is 3.16. The highest BCUT2D eigenvalue weighted by atomic mass is 79.9. The third kappa shape index (κ3) is 7.59. The quantitative estimate of drug-likeness (QED) is 0.457. The van der Waals surface area contributed by atoms with Crippen molar-refractivity contribution in [3.63, 3.8) is 0 Å². The maximum absolute atomic E-state index is 13.3. The highest BCUT2D eigenvalue weighted by Gasteiger charge is 2.28. The van der Waals surface area contributed by atoms with Gasteiger partial charge in [0.25, 0.3) is 5.91 Å². The normalized spacial score (nSPS) is 15.4. The molecule has 6 heteroatoms. The van der Waals surface area contributed by atoms with Crippen molar-refractivity contribution in [2.75, 3.05) is 6.61 Å². The number of nitrogens with one attached hydrogen (secondary N) is 1. The smallest absolute Gasteiger partial charge is 0.261 e. The van der Waals surface area contributed by atoms with Gasteiger partial charge in [-0.05, 0) is 60.6 Å².